The molecule has 42 heavy (non-hydrogen) atoms. The number of carbonyl (C=O) groups excluding carboxylic acids is 4. The van der Waals surface area contributed by atoms with E-state index in [0.717, 1.165) is 17.2 Å². The van der Waals surface area contributed by atoms with E-state index in [1.165, 1.54) is 6.08 Å². The predicted molar refractivity (Wildman–Crippen MR) is 157 cm³/mol. The molecular formula is C28H44N4O9S. The number of hydrogen-bond acceptors (Lipinski definition) is 9. The molecule has 0 fully saturated rings. The molecule has 0 radical (unpaired) electrons. The number of carbonyl (C=O) groups is 4. The van der Waals surface area contributed by atoms with Gasteiger partial charge in [-0.15, -0.1) is 0 Å². The number of alkyl carbamates (subject to hydrolysis) is 2. The van der Waals surface area contributed by atoms with E-state index >= 15 is 0 Å². The van der Waals surface area contributed by atoms with Crippen molar-refractivity contribution in [1.82, 2.24) is 21.3 Å². The molecule has 236 valence electrons. The first-order chi connectivity index (χ1) is 19.5. The molecule has 0 heterocycles. The standard InChI is InChI=1S/C28H44N4O9S/c1-19(2)16-21(13-15-42(6,38)39)30-25(35)23(17-33)31-24(34)22(12-14-29-26(36)41-28(3,4)5)32-27(37)40-18-20-10-8-7-9-11-20/h7-11,13,15,19,21-23,33H,12,14,16-18H2,1-6H3,(H,29,36)(H,30,35)(H,31,34)(H,32,37)/b15-13+/t21-,22+,23+/m1/s1. The minimum atomic E-state index is -3.45. The summed E-state index contributed by atoms with van der Waals surface area (Å²) in [6.45, 7) is 7.94. The fourth-order valence-corrected chi connectivity index (χ4v) is 3.96. The van der Waals surface area contributed by atoms with Gasteiger partial charge < -0.3 is 35.8 Å². The highest BCUT2D eigenvalue weighted by Gasteiger charge is 2.28. The van der Waals surface area contributed by atoms with Crippen molar-refractivity contribution in [3.05, 3.63) is 47.4 Å². The fourth-order valence-electron chi connectivity index (χ4n) is 3.49. The number of benzene rings is 1. The van der Waals surface area contributed by atoms with Crippen molar-refractivity contribution in [2.24, 2.45) is 5.92 Å². The Morgan fingerprint density at radius 2 is 1.57 bits per heavy atom. The summed E-state index contributed by atoms with van der Waals surface area (Å²) in [6, 6.07) is 5.51. The first kappa shape index (κ1) is 36.4. The van der Waals surface area contributed by atoms with E-state index in [0.29, 0.717) is 6.42 Å². The summed E-state index contributed by atoms with van der Waals surface area (Å²) in [7, 11) is -3.45. The maximum Gasteiger partial charge on any atom is 0.408 e. The Balaban J connectivity index is 2.95. The van der Waals surface area contributed by atoms with Gasteiger partial charge in [0.05, 0.1) is 6.61 Å². The number of rotatable bonds is 15. The molecule has 4 amide bonds. The van der Waals surface area contributed by atoms with Crippen LogP contribution < -0.4 is 21.3 Å². The van der Waals surface area contributed by atoms with Crippen molar-refractivity contribution >= 4 is 33.8 Å². The third-order valence-corrected chi connectivity index (χ3v) is 6.00. The van der Waals surface area contributed by atoms with E-state index in [9.17, 15) is 32.7 Å². The van der Waals surface area contributed by atoms with Gasteiger partial charge in [0, 0.05) is 24.3 Å². The van der Waals surface area contributed by atoms with Crippen LogP contribution in [0, 0.1) is 5.92 Å². The smallest absolute Gasteiger partial charge is 0.408 e. The number of ether oxygens (including phenoxy) is 2. The summed E-state index contributed by atoms with van der Waals surface area (Å²) < 4.78 is 33.5. The van der Waals surface area contributed by atoms with E-state index in [1.54, 1.807) is 45.0 Å². The van der Waals surface area contributed by atoms with Crippen molar-refractivity contribution < 1.29 is 42.2 Å². The van der Waals surface area contributed by atoms with E-state index < -0.39 is 64.2 Å². The van der Waals surface area contributed by atoms with Crippen LogP contribution in [-0.2, 0) is 35.5 Å². The predicted octanol–water partition coefficient (Wildman–Crippen LogP) is 1.76. The Labute approximate surface area is 247 Å². The van der Waals surface area contributed by atoms with Gasteiger partial charge in [0.1, 0.15) is 24.3 Å². The van der Waals surface area contributed by atoms with Crippen LogP contribution >= 0.6 is 0 Å². The monoisotopic (exact) mass is 612 g/mol. The molecule has 0 aliphatic rings. The van der Waals surface area contributed by atoms with Crippen LogP contribution in [0.2, 0.25) is 0 Å². The molecule has 1 aromatic rings. The van der Waals surface area contributed by atoms with Crippen molar-refractivity contribution in [2.75, 3.05) is 19.4 Å². The minimum Gasteiger partial charge on any atom is -0.445 e. The van der Waals surface area contributed by atoms with Gasteiger partial charge in [-0.05, 0) is 45.1 Å². The molecule has 0 bridgehead atoms. The maximum absolute atomic E-state index is 13.1. The Bertz CT molecular complexity index is 1170. The largest absolute Gasteiger partial charge is 0.445 e. The average Bonchev–Trinajstić information content (AvgIpc) is 2.87. The second kappa shape index (κ2) is 17.3. The van der Waals surface area contributed by atoms with Gasteiger partial charge in [-0.2, -0.15) is 0 Å². The van der Waals surface area contributed by atoms with E-state index in [1.807, 2.05) is 19.9 Å². The van der Waals surface area contributed by atoms with Crippen molar-refractivity contribution in [3.8, 4) is 0 Å². The van der Waals surface area contributed by atoms with Crippen LogP contribution in [0.4, 0.5) is 9.59 Å². The van der Waals surface area contributed by atoms with E-state index in [-0.39, 0.29) is 25.5 Å². The molecule has 13 nitrogen and oxygen atoms in total. The van der Waals surface area contributed by atoms with Crippen molar-refractivity contribution in [2.45, 2.75) is 77.8 Å². The second-order valence-corrected chi connectivity index (χ2v) is 13.1. The molecule has 5 N–H and O–H groups in total. The van der Waals surface area contributed by atoms with E-state index in [4.69, 9.17) is 9.47 Å². The third kappa shape index (κ3) is 16.6. The van der Waals surface area contributed by atoms with Gasteiger partial charge >= 0.3 is 12.2 Å². The molecule has 14 heteroatoms. The number of hydrogen-bond donors (Lipinski definition) is 5. The molecule has 1 rings (SSSR count). The van der Waals surface area contributed by atoms with Crippen molar-refractivity contribution in [1.29, 1.82) is 0 Å². The summed E-state index contributed by atoms with van der Waals surface area (Å²) in [5.74, 6) is -1.49. The molecule has 0 aromatic heterocycles. The number of nitrogens with one attached hydrogen (secondary N) is 4. The highest BCUT2D eigenvalue weighted by atomic mass is 32.2. The molecule has 0 aliphatic heterocycles. The summed E-state index contributed by atoms with van der Waals surface area (Å²) in [5.41, 5.74) is -0.0236. The third-order valence-electron chi connectivity index (χ3n) is 5.35. The Hall–Kier alpha value is -3.65. The highest BCUT2D eigenvalue weighted by Crippen LogP contribution is 2.09. The number of aliphatic hydroxyl groups excluding tert-OH is 1. The maximum atomic E-state index is 13.1. The molecule has 1 aromatic carbocycles. The zero-order valence-electron chi connectivity index (χ0n) is 25.0. The van der Waals surface area contributed by atoms with Gasteiger partial charge in [0.15, 0.2) is 9.84 Å². The lowest BCUT2D eigenvalue weighted by molar-refractivity contribution is -0.131. The minimum absolute atomic E-state index is 0.0585. The van der Waals surface area contributed by atoms with Crippen LogP contribution in [0.25, 0.3) is 0 Å². The molecule has 0 saturated heterocycles. The van der Waals surface area contributed by atoms with Crippen molar-refractivity contribution in [3.63, 3.8) is 0 Å². The second-order valence-electron chi connectivity index (χ2n) is 11.1. The number of sulfone groups is 1. The van der Waals surface area contributed by atoms with Gasteiger partial charge in [0.25, 0.3) is 0 Å². The normalized spacial score (nSPS) is 14.0. The van der Waals surface area contributed by atoms with Crippen LogP contribution in [0.1, 0.15) is 53.0 Å². The van der Waals surface area contributed by atoms with Gasteiger partial charge in [-0.1, -0.05) is 50.3 Å². The van der Waals surface area contributed by atoms with Crippen LogP contribution in [0.15, 0.2) is 41.8 Å². The molecule has 0 spiro atoms. The number of aliphatic hydroxyl groups is 1. The van der Waals surface area contributed by atoms with E-state index in [2.05, 4.69) is 21.3 Å². The Morgan fingerprint density at radius 3 is 2.12 bits per heavy atom. The highest BCUT2D eigenvalue weighted by molar-refractivity contribution is 7.93. The molecule has 0 aliphatic carbocycles. The van der Waals surface area contributed by atoms with Crippen LogP contribution in [-0.4, -0.2) is 80.7 Å². The lowest BCUT2D eigenvalue weighted by Gasteiger charge is -2.24. The molecule has 0 unspecified atom stereocenters. The zero-order chi connectivity index (χ0) is 31.9. The lowest BCUT2D eigenvalue weighted by Crippen LogP contribution is -2.56. The first-order valence-electron chi connectivity index (χ1n) is 13.5. The van der Waals surface area contributed by atoms with Gasteiger partial charge in [-0.3, -0.25) is 9.59 Å². The zero-order valence-corrected chi connectivity index (χ0v) is 25.8. The summed E-state index contributed by atoms with van der Waals surface area (Å²) in [5, 5.41) is 20.8. The summed E-state index contributed by atoms with van der Waals surface area (Å²) >= 11 is 0. The molecular weight excluding hydrogens is 568 g/mol. The Kier molecular flexibility index (Phi) is 15.0. The van der Waals surface area contributed by atoms with Gasteiger partial charge in [-0.25, -0.2) is 18.0 Å². The fraction of sp³-hybridized carbons (Fsp3) is 0.571. The van der Waals surface area contributed by atoms with Gasteiger partial charge in [0.2, 0.25) is 11.8 Å². The number of amides is 4. The topological polar surface area (TPSA) is 189 Å². The SMILES string of the molecule is CC(C)C[C@@H](/C=C/S(C)(=O)=O)NC(=O)[C@H](CO)NC(=O)[C@H](CCNC(=O)OC(C)(C)C)NC(=O)OCc1ccccc1. The summed E-state index contributed by atoms with van der Waals surface area (Å²) in [4.78, 5) is 50.6. The van der Waals surface area contributed by atoms with Crippen LogP contribution in [0.3, 0.4) is 0 Å². The quantitative estimate of drug-likeness (QED) is 0.197. The molecule has 3 atom stereocenters. The average molecular weight is 613 g/mol. The Morgan fingerprint density at radius 1 is 0.952 bits per heavy atom. The first-order valence-corrected chi connectivity index (χ1v) is 15.5. The molecule has 0 saturated carbocycles. The summed E-state index contributed by atoms with van der Waals surface area (Å²) in [6.07, 6.45) is 1.02. The van der Waals surface area contributed by atoms with Crippen LogP contribution in [0.5, 0.6) is 0 Å². The lowest BCUT2D eigenvalue weighted by atomic mass is 10.0.